The van der Waals surface area contributed by atoms with Crippen LogP contribution in [-0.2, 0) is 40.6 Å². The van der Waals surface area contributed by atoms with E-state index in [2.05, 4.69) is 31.5 Å². The molecule has 0 fully saturated rings. The maximum absolute atomic E-state index is 12.7. The number of carbonyl (C=O) groups is 2. The minimum absolute atomic E-state index is 0.214. The summed E-state index contributed by atoms with van der Waals surface area (Å²) in [4.78, 5) is 29.1. The number of carboxylic acids is 1. The number of aromatic nitrogens is 3. The monoisotopic (exact) mass is 576 g/mol. The first kappa shape index (κ1) is 28.2. The molecule has 0 radical (unpaired) electrons. The largest absolute Gasteiger partial charge is 0.480 e. The van der Waals surface area contributed by atoms with E-state index < -0.39 is 34.5 Å². The van der Waals surface area contributed by atoms with Crippen molar-refractivity contribution in [2.24, 2.45) is 0 Å². The Morgan fingerprint density at radius 3 is 2.76 bits per heavy atom. The molecule has 2 aromatic carbocycles. The van der Waals surface area contributed by atoms with Gasteiger partial charge in [-0.2, -0.15) is 9.82 Å². The van der Waals surface area contributed by atoms with Crippen LogP contribution in [-0.4, -0.2) is 65.0 Å². The number of carbonyl (C=O) groups excluding carboxylic acids is 1. The number of hydrogen-bond acceptors (Lipinski definition) is 7. The van der Waals surface area contributed by atoms with Gasteiger partial charge >= 0.3 is 5.97 Å². The van der Waals surface area contributed by atoms with Gasteiger partial charge < -0.3 is 15.7 Å². The first-order valence-electron chi connectivity index (χ1n) is 13.5. The molecular weight excluding hydrogens is 544 g/mol. The number of benzene rings is 2. The summed E-state index contributed by atoms with van der Waals surface area (Å²) >= 11 is 0. The predicted molar refractivity (Wildman–Crippen MR) is 155 cm³/mol. The summed E-state index contributed by atoms with van der Waals surface area (Å²) in [7, 11) is -3.95. The molecule has 214 valence electrons. The lowest BCUT2D eigenvalue weighted by atomic mass is 10.0. The summed E-state index contributed by atoms with van der Waals surface area (Å²) in [5.41, 5.74) is 3.22. The van der Waals surface area contributed by atoms with Gasteiger partial charge in [0.1, 0.15) is 11.9 Å². The van der Waals surface area contributed by atoms with E-state index in [9.17, 15) is 23.1 Å². The van der Waals surface area contributed by atoms with Gasteiger partial charge in [-0.05, 0) is 47.2 Å². The second kappa shape index (κ2) is 12.5. The molecule has 0 saturated carbocycles. The van der Waals surface area contributed by atoms with E-state index in [0.717, 1.165) is 47.2 Å². The lowest BCUT2D eigenvalue weighted by Gasteiger charge is -2.17. The van der Waals surface area contributed by atoms with Crippen molar-refractivity contribution >= 4 is 38.5 Å². The molecular formula is C29H32N6O5S. The van der Waals surface area contributed by atoms with Gasteiger partial charge in [-0.25, -0.2) is 13.4 Å². The molecule has 1 atom stereocenters. The van der Waals surface area contributed by atoms with Crippen molar-refractivity contribution in [2.75, 3.05) is 24.2 Å². The number of amides is 1. The lowest BCUT2D eigenvalue weighted by Crippen LogP contribution is -2.49. The number of nitrogens with zero attached hydrogens (tertiary/aromatic N) is 3. The summed E-state index contributed by atoms with van der Waals surface area (Å²) < 4.78 is 29.3. The van der Waals surface area contributed by atoms with Gasteiger partial charge in [-0.15, -0.1) is 0 Å². The summed E-state index contributed by atoms with van der Waals surface area (Å²) in [5.74, 6) is -1.30. The number of fused-ring (bicyclic) bond motifs is 2. The highest BCUT2D eigenvalue weighted by atomic mass is 32.2. The molecule has 0 spiro atoms. The Labute approximate surface area is 238 Å². The maximum atomic E-state index is 12.7. The molecule has 1 amide bonds. The highest BCUT2D eigenvalue weighted by Gasteiger charge is 2.25. The molecule has 3 heterocycles. The minimum atomic E-state index is -3.95. The summed E-state index contributed by atoms with van der Waals surface area (Å²) in [5, 5.41) is 21.6. The minimum Gasteiger partial charge on any atom is -0.480 e. The fourth-order valence-electron chi connectivity index (χ4n) is 4.85. The average Bonchev–Trinajstić information content (AvgIpc) is 3.46. The van der Waals surface area contributed by atoms with E-state index in [4.69, 9.17) is 0 Å². The van der Waals surface area contributed by atoms with Gasteiger partial charge in [-0.1, -0.05) is 48.5 Å². The summed E-state index contributed by atoms with van der Waals surface area (Å²) in [6.07, 6.45) is 5.91. The molecule has 0 aliphatic carbocycles. The normalized spacial score (nSPS) is 13.8. The molecule has 5 rings (SSSR count). The molecule has 1 aliphatic heterocycles. The number of pyridine rings is 1. The smallest absolute Gasteiger partial charge is 0.323 e. The van der Waals surface area contributed by atoms with Crippen molar-refractivity contribution in [3.63, 3.8) is 0 Å². The Hall–Kier alpha value is -4.29. The Kier molecular flexibility index (Phi) is 8.60. The molecule has 11 nitrogen and oxygen atoms in total. The van der Waals surface area contributed by atoms with Crippen molar-refractivity contribution in [1.82, 2.24) is 24.8 Å². The van der Waals surface area contributed by atoms with Crippen LogP contribution in [0.5, 0.6) is 0 Å². The summed E-state index contributed by atoms with van der Waals surface area (Å²) in [6.45, 7) is 1.00. The third-order valence-corrected chi connectivity index (χ3v) is 8.44. The number of carboxylic acid groups (broad SMARTS) is 1. The molecule has 12 heteroatoms. The van der Waals surface area contributed by atoms with Gasteiger partial charge in [0, 0.05) is 37.9 Å². The van der Waals surface area contributed by atoms with Crippen LogP contribution in [0.2, 0.25) is 0 Å². The number of nitrogens with one attached hydrogen (secondary N) is 3. The van der Waals surface area contributed by atoms with Gasteiger partial charge in [0.2, 0.25) is 10.0 Å². The molecule has 0 bridgehead atoms. The Morgan fingerprint density at radius 1 is 1.07 bits per heavy atom. The number of hydrogen-bond donors (Lipinski definition) is 4. The Morgan fingerprint density at radius 2 is 1.90 bits per heavy atom. The van der Waals surface area contributed by atoms with Gasteiger partial charge in [-0.3, -0.25) is 14.3 Å². The second-order valence-electron chi connectivity index (χ2n) is 10.0. The van der Waals surface area contributed by atoms with Gasteiger partial charge in [0.25, 0.3) is 5.91 Å². The average molecular weight is 577 g/mol. The second-order valence-corrected chi connectivity index (χ2v) is 11.9. The van der Waals surface area contributed by atoms with Crippen molar-refractivity contribution in [3.8, 4) is 0 Å². The van der Waals surface area contributed by atoms with Crippen LogP contribution >= 0.6 is 0 Å². The van der Waals surface area contributed by atoms with Crippen LogP contribution in [0.15, 0.2) is 67.0 Å². The highest BCUT2D eigenvalue weighted by molar-refractivity contribution is 7.89. The molecule has 1 unspecified atom stereocenters. The first-order chi connectivity index (χ1) is 19.8. The SMILES string of the molecule is O=C(NCC(NS(=O)(=O)CCc1cccc2ccccc12)C(=O)O)c1cnn(CCc2ccc3c(n2)NCCC3)c1. The zero-order chi connectivity index (χ0) is 28.8. The number of aryl methyl sites for hydroxylation is 4. The third kappa shape index (κ3) is 7.27. The van der Waals surface area contributed by atoms with Crippen LogP contribution in [0, 0.1) is 0 Å². The standard InChI is InChI=1S/C29H32N6O5S/c36-28(23-17-32-35(19-23)15-12-24-11-10-22-8-4-14-30-27(22)33-24)31-18-26(29(37)38)34-41(39,40)16-13-21-7-3-6-20-5-1-2-9-25(20)21/h1-3,5-7,9-11,17,19,26,34H,4,8,12-16,18H2,(H,30,33)(H,31,36)(H,37,38). The fourth-order valence-corrected chi connectivity index (χ4v) is 6.07. The van der Waals surface area contributed by atoms with Crippen molar-refractivity contribution in [2.45, 2.75) is 38.3 Å². The van der Waals surface area contributed by atoms with Gasteiger partial charge in [0.15, 0.2) is 0 Å². The predicted octanol–water partition coefficient (Wildman–Crippen LogP) is 2.38. The number of sulfonamides is 1. The Bertz CT molecular complexity index is 1660. The molecule has 0 saturated heterocycles. The quantitative estimate of drug-likeness (QED) is 0.200. The van der Waals surface area contributed by atoms with E-state index in [-0.39, 0.29) is 17.7 Å². The Balaban J connectivity index is 1.13. The van der Waals surface area contributed by atoms with E-state index >= 15 is 0 Å². The topological polar surface area (TPSA) is 155 Å². The fraction of sp³-hybridized carbons (Fsp3) is 0.310. The molecule has 2 aromatic heterocycles. The van der Waals surface area contributed by atoms with E-state index in [1.54, 1.807) is 10.9 Å². The van der Waals surface area contributed by atoms with Crippen LogP contribution in [0.1, 0.15) is 33.6 Å². The zero-order valence-electron chi connectivity index (χ0n) is 22.4. The summed E-state index contributed by atoms with van der Waals surface area (Å²) in [6, 6.07) is 15.9. The number of aliphatic carboxylic acids is 1. The van der Waals surface area contributed by atoms with E-state index in [1.165, 1.54) is 11.8 Å². The highest BCUT2D eigenvalue weighted by Crippen LogP contribution is 2.20. The van der Waals surface area contributed by atoms with Crippen LogP contribution < -0.4 is 15.4 Å². The van der Waals surface area contributed by atoms with Crippen LogP contribution in [0.3, 0.4) is 0 Å². The molecule has 41 heavy (non-hydrogen) atoms. The molecule has 4 N–H and O–H groups in total. The maximum Gasteiger partial charge on any atom is 0.323 e. The van der Waals surface area contributed by atoms with E-state index in [1.807, 2.05) is 48.5 Å². The van der Waals surface area contributed by atoms with Crippen LogP contribution in [0.4, 0.5) is 5.82 Å². The van der Waals surface area contributed by atoms with Crippen molar-refractivity contribution in [3.05, 3.63) is 89.4 Å². The zero-order valence-corrected chi connectivity index (χ0v) is 23.2. The lowest BCUT2D eigenvalue weighted by molar-refractivity contribution is -0.138. The van der Waals surface area contributed by atoms with Crippen LogP contribution in [0.25, 0.3) is 10.8 Å². The van der Waals surface area contributed by atoms with E-state index in [0.29, 0.717) is 13.0 Å². The van der Waals surface area contributed by atoms with Gasteiger partial charge in [0.05, 0.1) is 17.5 Å². The van der Waals surface area contributed by atoms with Crippen molar-refractivity contribution in [1.29, 1.82) is 0 Å². The molecule has 1 aliphatic rings. The number of anilines is 1. The first-order valence-corrected chi connectivity index (χ1v) is 15.2. The third-order valence-electron chi connectivity index (χ3n) is 7.05. The molecule has 4 aromatic rings. The number of rotatable bonds is 12. The van der Waals surface area contributed by atoms with Crippen molar-refractivity contribution < 1.29 is 23.1 Å².